The maximum absolute atomic E-state index is 13.4. The third-order valence-electron chi connectivity index (χ3n) is 6.76. The minimum Gasteiger partial charge on any atom is -0.390 e. The van der Waals surface area contributed by atoms with E-state index >= 15 is 0 Å². The lowest BCUT2D eigenvalue weighted by Gasteiger charge is -2.33. The van der Waals surface area contributed by atoms with Gasteiger partial charge in [-0.25, -0.2) is 18.4 Å². The summed E-state index contributed by atoms with van der Waals surface area (Å²) in [6.45, 7) is 3.98. The van der Waals surface area contributed by atoms with Crippen molar-refractivity contribution in [3.63, 3.8) is 0 Å². The molecule has 208 valence electrons. The molecular weight excluding hydrogens is 518 g/mol. The van der Waals surface area contributed by atoms with E-state index in [0.717, 1.165) is 5.39 Å². The number of fused-ring (bicyclic) bond motifs is 1. The molecular formula is C28H35N5O5S. The quantitative estimate of drug-likeness (QED) is 0.389. The Morgan fingerprint density at radius 1 is 1.08 bits per heavy atom. The summed E-state index contributed by atoms with van der Waals surface area (Å²) in [5, 5.41) is 17.5. The second-order valence-corrected chi connectivity index (χ2v) is 12.1. The lowest BCUT2D eigenvalue weighted by molar-refractivity contribution is -0.125. The van der Waals surface area contributed by atoms with Crippen molar-refractivity contribution >= 4 is 32.7 Å². The fourth-order valence-electron chi connectivity index (χ4n) is 4.70. The Hall–Kier alpha value is -3.41. The first kappa shape index (κ1) is 28.6. The first-order valence-corrected chi connectivity index (χ1v) is 14.7. The van der Waals surface area contributed by atoms with E-state index in [4.69, 9.17) is 0 Å². The molecule has 3 heterocycles. The van der Waals surface area contributed by atoms with Crippen LogP contribution in [0.3, 0.4) is 0 Å². The largest absolute Gasteiger partial charge is 0.390 e. The number of hydrogen-bond acceptors (Lipinski definition) is 7. The highest BCUT2D eigenvalue weighted by Crippen LogP contribution is 2.20. The number of amides is 2. The maximum atomic E-state index is 13.4. The number of para-hydroxylation sites is 1. The standard InChI is InChI=1S/C28H35N5O5S/c1-19(2)17-24(32-27(35)23-14-13-20-9-3-4-10-21(20)30-23)28(36)31-22-11-6-8-16-33(18-25(22)34)39(37,38)26-12-5-7-15-29-26/h3-5,7,9-10,12-15,19,22,24-25,34H,6,8,11,16-18H2,1-2H3,(H,31,36)(H,32,35)/t22?,24-,25?/m0/s1. The van der Waals surface area contributed by atoms with Gasteiger partial charge in [0.2, 0.25) is 5.91 Å². The number of rotatable bonds is 8. The van der Waals surface area contributed by atoms with Gasteiger partial charge >= 0.3 is 0 Å². The number of pyridine rings is 2. The number of β-amino-alcohol motifs (C(OH)–C–C–N with tert-alkyl or cyclic N) is 1. The Bertz CT molecular complexity index is 1400. The zero-order valence-corrected chi connectivity index (χ0v) is 23.0. The van der Waals surface area contributed by atoms with Crippen molar-refractivity contribution in [2.45, 2.75) is 62.7 Å². The third kappa shape index (κ3) is 7.17. The van der Waals surface area contributed by atoms with Crippen LogP contribution in [0.1, 0.15) is 50.0 Å². The molecule has 1 saturated heterocycles. The topological polar surface area (TPSA) is 142 Å². The summed E-state index contributed by atoms with van der Waals surface area (Å²) in [5.74, 6) is -0.791. The number of sulfonamides is 1. The highest BCUT2D eigenvalue weighted by Gasteiger charge is 2.34. The molecule has 0 saturated carbocycles. The van der Waals surface area contributed by atoms with Crippen LogP contribution in [0.2, 0.25) is 0 Å². The summed E-state index contributed by atoms with van der Waals surface area (Å²) >= 11 is 0. The van der Waals surface area contributed by atoms with E-state index in [1.165, 1.54) is 16.6 Å². The summed E-state index contributed by atoms with van der Waals surface area (Å²) in [5.41, 5.74) is 0.884. The summed E-state index contributed by atoms with van der Waals surface area (Å²) in [4.78, 5) is 34.8. The number of nitrogens with zero attached hydrogens (tertiary/aromatic N) is 3. The monoisotopic (exact) mass is 553 g/mol. The van der Waals surface area contributed by atoms with Crippen molar-refractivity contribution in [2.75, 3.05) is 13.1 Å². The molecule has 0 bridgehead atoms. The predicted molar refractivity (Wildman–Crippen MR) is 147 cm³/mol. The van der Waals surface area contributed by atoms with E-state index in [2.05, 4.69) is 20.6 Å². The van der Waals surface area contributed by atoms with Crippen molar-refractivity contribution in [2.24, 2.45) is 5.92 Å². The molecule has 11 heteroatoms. The first-order chi connectivity index (χ1) is 18.6. The summed E-state index contributed by atoms with van der Waals surface area (Å²) < 4.78 is 27.4. The number of aromatic nitrogens is 2. The summed E-state index contributed by atoms with van der Waals surface area (Å²) in [6.07, 6.45) is 2.33. The normalized spacial score (nSPS) is 19.7. The van der Waals surface area contributed by atoms with Crippen LogP contribution < -0.4 is 10.6 Å². The Kier molecular flexibility index (Phi) is 9.26. The molecule has 2 aromatic heterocycles. The first-order valence-electron chi connectivity index (χ1n) is 13.2. The van der Waals surface area contributed by atoms with Crippen LogP contribution in [0.25, 0.3) is 10.9 Å². The number of benzene rings is 1. The Balaban J connectivity index is 1.46. The molecule has 3 aromatic rings. The van der Waals surface area contributed by atoms with Crippen molar-refractivity contribution < 1.29 is 23.1 Å². The van der Waals surface area contributed by atoms with Crippen LogP contribution in [-0.2, 0) is 14.8 Å². The van der Waals surface area contributed by atoms with Gasteiger partial charge in [0.05, 0.1) is 17.7 Å². The molecule has 2 amide bonds. The SMILES string of the molecule is CC(C)C[C@H](NC(=O)c1ccc2ccccc2n1)C(=O)NC1CCCCN(S(=O)(=O)c2ccccn2)CC1O. The molecule has 1 fully saturated rings. The Labute approximate surface area is 228 Å². The average molecular weight is 554 g/mol. The van der Waals surface area contributed by atoms with Crippen LogP contribution in [0.4, 0.5) is 0 Å². The van der Waals surface area contributed by atoms with E-state index < -0.39 is 40.0 Å². The molecule has 3 N–H and O–H groups in total. The molecule has 3 atom stereocenters. The van der Waals surface area contributed by atoms with Crippen molar-refractivity contribution in [3.8, 4) is 0 Å². The Morgan fingerprint density at radius 3 is 2.59 bits per heavy atom. The molecule has 0 spiro atoms. The minimum absolute atomic E-state index is 0.0830. The lowest BCUT2D eigenvalue weighted by Crippen LogP contribution is -2.55. The van der Waals surface area contributed by atoms with E-state index in [-0.39, 0.29) is 29.7 Å². The van der Waals surface area contributed by atoms with Crippen LogP contribution >= 0.6 is 0 Å². The summed E-state index contributed by atoms with van der Waals surface area (Å²) in [6, 6.07) is 14.0. The fourth-order valence-corrected chi connectivity index (χ4v) is 6.13. The highest BCUT2D eigenvalue weighted by molar-refractivity contribution is 7.89. The van der Waals surface area contributed by atoms with Crippen molar-refractivity contribution in [1.29, 1.82) is 0 Å². The number of carbonyl (C=O) groups excluding carboxylic acids is 2. The zero-order valence-electron chi connectivity index (χ0n) is 22.2. The van der Waals surface area contributed by atoms with E-state index in [1.807, 2.05) is 44.2 Å². The smallest absolute Gasteiger partial charge is 0.270 e. The average Bonchev–Trinajstić information content (AvgIpc) is 2.92. The number of carbonyl (C=O) groups is 2. The van der Waals surface area contributed by atoms with E-state index in [1.54, 1.807) is 18.2 Å². The van der Waals surface area contributed by atoms with Crippen molar-refractivity contribution in [1.82, 2.24) is 24.9 Å². The van der Waals surface area contributed by atoms with Gasteiger partial charge in [0.25, 0.3) is 15.9 Å². The van der Waals surface area contributed by atoms with Gasteiger partial charge in [0.15, 0.2) is 5.03 Å². The molecule has 2 unspecified atom stereocenters. The zero-order chi connectivity index (χ0) is 28.0. The second kappa shape index (κ2) is 12.6. The fraction of sp³-hybridized carbons (Fsp3) is 0.429. The van der Waals surface area contributed by atoms with Crippen LogP contribution in [-0.4, -0.2) is 70.9 Å². The van der Waals surface area contributed by atoms with Gasteiger partial charge in [-0.3, -0.25) is 9.59 Å². The van der Waals surface area contributed by atoms with Gasteiger partial charge in [0.1, 0.15) is 11.7 Å². The molecule has 1 aromatic carbocycles. The predicted octanol–water partition coefficient (Wildman–Crippen LogP) is 2.49. The number of aliphatic hydroxyl groups excluding tert-OH is 1. The number of nitrogens with one attached hydrogen (secondary N) is 2. The second-order valence-electron chi connectivity index (χ2n) is 10.3. The van der Waals surface area contributed by atoms with Crippen molar-refractivity contribution in [3.05, 3.63) is 66.5 Å². The molecule has 1 aliphatic rings. The Morgan fingerprint density at radius 2 is 1.85 bits per heavy atom. The molecule has 39 heavy (non-hydrogen) atoms. The lowest BCUT2D eigenvalue weighted by atomic mass is 9.99. The van der Waals surface area contributed by atoms with Crippen LogP contribution in [0.15, 0.2) is 65.8 Å². The minimum atomic E-state index is -3.90. The van der Waals surface area contributed by atoms with Gasteiger partial charge in [-0.15, -0.1) is 0 Å². The number of aliphatic hydroxyl groups is 1. The highest BCUT2D eigenvalue weighted by atomic mass is 32.2. The van der Waals surface area contributed by atoms with Gasteiger partial charge in [-0.05, 0) is 55.9 Å². The van der Waals surface area contributed by atoms with Gasteiger partial charge in [-0.1, -0.05) is 44.2 Å². The number of hydrogen-bond donors (Lipinski definition) is 3. The maximum Gasteiger partial charge on any atom is 0.270 e. The van der Waals surface area contributed by atoms with E-state index in [0.29, 0.717) is 31.2 Å². The summed E-state index contributed by atoms with van der Waals surface area (Å²) in [7, 11) is -3.90. The molecule has 10 nitrogen and oxygen atoms in total. The van der Waals surface area contributed by atoms with Gasteiger partial charge in [-0.2, -0.15) is 4.31 Å². The van der Waals surface area contributed by atoms with Gasteiger partial charge in [0, 0.05) is 24.7 Å². The van der Waals surface area contributed by atoms with Crippen LogP contribution in [0.5, 0.6) is 0 Å². The molecule has 0 radical (unpaired) electrons. The molecule has 1 aliphatic heterocycles. The van der Waals surface area contributed by atoms with Gasteiger partial charge < -0.3 is 15.7 Å². The third-order valence-corrected chi connectivity index (χ3v) is 8.54. The molecule has 4 rings (SSSR count). The van der Waals surface area contributed by atoms with E-state index in [9.17, 15) is 23.1 Å². The molecule has 0 aliphatic carbocycles. The van der Waals surface area contributed by atoms with Crippen LogP contribution in [0, 0.1) is 5.92 Å².